The quantitative estimate of drug-likeness (QED) is 0.755. The molecular weight excluding hydrogens is 247 g/mol. The molecule has 1 aromatic heterocycles. The Balaban J connectivity index is 2.19. The van der Waals surface area contributed by atoms with Crippen LogP contribution in [0.4, 0.5) is 4.39 Å². The molecule has 1 aromatic carbocycles. The van der Waals surface area contributed by atoms with Gasteiger partial charge in [0.2, 0.25) is 0 Å². The average Bonchev–Trinajstić information content (AvgIpc) is 2.80. The van der Waals surface area contributed by atoms with E-state index in [1.807, 2.05) is 12.1 Å². The number of rotatable bonds is 4. The van der Waals surface area contributed by atoms with Crippen LogP contribution in [0.2, 0.25) is 0 Å². The molecule has 0 atom stereocenters. The molecule has 1 nitrogen and oxygen atoms in total. The number of carbonyl (C=O) groups excluding carboxylic acids is 1. The van der Waals surface area contributed by atoms with Crippen LogP contribution in [0.5, 0.6) is 0 Å². The Hall–Kier alpha value is -1.48. The van der Waals surface area contributed by atoms with E-state index in [2.05, 4.69) is 6.92 Å². The maximum absolute atomic E-state index is 13.8. The molecule has 0 amide bonds. The monoisotopic (exact) mass is 262 g/mol. The highest BCUT2D eigenvalue weighted by Gasteiger charge is 2.14. The van der Waals surface area contributed by atoms with Crippen LogP contribution in [0.3, 0.4) is 0 Å². The highest BCUT2D eigenvalue weighted by atomic mass is 32.1. The van der Waals surface area contributed by atoms with Gasteiger partial charge < -0.3 is 0 Å². The zero-order valence-corrected chi connectivity index (χ0v) is 11.3. The number of carbonyl (C=O) groups is 1. The van der Waals surface area contributed by atoms with Crippen molar-refractivity contribution in [2.24, 2.45) is 0 Å². The molecule has 0 fully saturated rings. The summed E-state index contributed by atoms with van der Waals surface area (Å²) >= 11 is 1.62. The molecule has 0 unspecified atom stereocenters. The molecule has 0 N–H and O–H groups in total. The van der Waals surface area contributed by atoms with Gasteiger partial charge in [0.15, 0.2) is 5.78 Å². The molecule has 0 saturated heterocycles. The van der Waals surface area contributed by atoms with Crippen LogP contribution >= 0.6 is 11.3 Å². The largest absolute Gasteiger partial charge is 0.294 e. The summed E-state index contributed by atoms with van der Waals surface area (Å²) in [4.78, 5) is 14.3. The van der Waals surface area contributed by atoms with Crippen molar-refractivity contribution in [3.63, 3.8) is 0 Å². The fourth-order valence-corrected chi connectivity index (χ4v) is 2.78. The summed E-state index contributed by atoms with van der Waals surface area (Å²) in [5.74, 6) is -0.546. The Kier molecular flexibility index (Phi) is 3.92. The van der Waals surface area contributed by atoms with Crippen molar-refractivity contribution in [2.45, 2.75) is 26.7 Å². The van der Waals surface area contributed by atoms with Gasteiger partial charge in [0.1, 0.15) is 5.82 Å². The molecule has 1 heterocycles. The van der Waals surface area contributed by atoms with E-state index in [9.17, 15) is 9.18 Å². The molecule has 0 aliphatic rings. The first-order valence-electron chi connectivity index (χ1n) is 5.97. The lowest BCUT2D eigenvalue weighted by atomic mass is 10.0. The molecule has 94 valence electrons. The topological polar surface area (TPSA) is 17.1 Å². The lowest BCUT2D eigenvalue weighted by molar-refractivity contribution is 0.0990. The van der Waals surface area contributed by atoms with E-state index in [1.165, 1.54) is 4.88 Å². The van der Waals surface area contributed by atoms with Crippen LogP contribution in [0, 0.1) is 12.7 Å². The van der Waals surface area contributed by atoms with Crippen LogP contribution in [-0.2, 0) is 12.8 Å². The third-order valence-electron chi connectivity index (χ3n) is 2.89. The normalized spacial score (nSPS) is 10.6. The summed E-state index contributed by atoms with van der Waals surface area (Å²) < 4.78 is 13.8. The first-order valence-corrected chi connectivity index (χ1v) is 6.79. The van der Waals surface area contributed by atoms with Gasteiger partial charge in [-0.15, -0.1) is 11.3 Å². The van der Waals surface area contributed by atoms with Gasteiger partial charge in [-0.3, -0.25) is 4.79 Å². The second-order valence-electron chi connectivity index (χ2n) is 4.26. The van der Waals surface area contributed by atoms with Gasteiger partial charge in [-0.05, 0) is 37.1 Å². The molecule has 0 aliphatic carbocycles. The molecule has 18 heavy (non-hydrogen) atoms. The third kappa shape index (κ3) is 2.67. The number of Topliss-reactive ketones (excluding diaryl/α,β-unsaturated/α-hetero) is 1. The molecule has 0 spiro atoms. The zero-order valence-electron chi connectivity index (χ0n) is 10.5. The standard InChI is InChI=1S/C15H15FOS/c1-3-11-7-8-12(18-11)9-14(17)13-6-4-5-10(2)15(13)16/h4-8H,3,9H2,1-2H3. The molecule has 0 bridgehead atoms. The number of benzene rings is 1. The molecule has 0 saturated carbocycles. The van der Waals surface area contributed by atoms with Crippen LogP contribution in [0.1, 0.15) is 32.6 Å². The van der Waals surface area contributed by atoms with Crippen molar-refractivity contribution in [1.29, 1.82) is 0 Å². The van der Waals surface area contributed by atoms with Gasteiger partial charge in [0.05, 0.1) is 5.56 Å². The van der Waals surface area contributed by atoms with Crippen molar-refractivity contribution in [2.75, 3.05) is 0 Å². The zero-order chi connectivity index (χ0) is 13.1. The second kappa shape index (κ2) is 5.44. The SMILES string of the molecule is CCc1ccc(CC(=O)c2cccc(C)c2F)s1. The van der Waals surface area contributed by atoms with Crippen LogP contribution in [0.25, 0.3) is 0 Å². The van der Waals surface area contributed by atoms with E-state index >= 15 is 0 Å². The fourth-order valence-electron chi connectivity index (χ4n) is 1.82. The Morgan fingerprint density at radius 3 is 2.61 bits per heavy atom. The molecule has 0 aliphatic heterocycles. The number of halogens is 1. The van der Waals surface area contributed by atoms with Gasteiger partial charge in [-0.25, -0.2) is 4.39 Å². The maximum atomic E-state index is 13.8. The number of ketones is 1. The van der Waals surface area contributed by atoms with Crippen LogP contribution in [-0.4, -0.2) is 5.78 Å². The molecule has 2 aromatic rings. The van der Waals surface area contributed by atoms with E-state index in [-0.39, 0.29) is 17.8 Å². The fraction of sp³-hybridized carbons (Fsp3) is 0.267. The van der Waals surface area contributed by atoms with E-state index in [4.69, 9.17) is 0 Å². The Labute approximate surface area is 110 Å². The van der Waals surface area contributed by atoms with E-state index in [0.29, 0.717) is 5.56 Å². The van der Waals surface area contributed by atoms with E-state index in [0.717, 1.165) is 11.3 Å². The average molecular weight is 262 g/mol. The highest BCUT2D eigenvalue weighted by molar-refractivity contribution is 7.12. The maximum Gasteiger partial charge on any atom is 0.171 e. The number of aryl methyl sites for hydroxylation is 2. The first kappa shape index (κ1) is 13.0. The molecule has 0 radical (unpaired) electrons. The summed E-state index contributed by atoms with van der Waals surface area (Å²) in [5, 5.41) is 0. The summed E-state index contributed by atoms with van der Waals surface area (Å²) in [7, 11) is 0. The highest BCUT2D eigenvalue weighted by Crippen LogP contribution is 2.20. The molecule has 3 heteroatoms. The number of hydrogen-bond donors (Lipinski definition) is 0. The minimum atomic E-state index is -0.394. The second-order valence-corrected chi connectivity index (χ2v) is 5.51. The summed E-state index contributed by atoms with van der Waals surface area (Å²) in [5.41, 5.74) is 0.711. The van der Waals surface area contributed by atoms with Crippen molar-refractivity contribution in [1.82, 2.24) is 0 Å². The first-order chi connectivity index (χ1) is 8.61. The van der Waals surface area contributed by atoms with Gasteiger partial charge >= 0.3 is 0 Å². The Bertz CT molecular complexity index is 572. The van der Waals surface area contributed by atoms with Gasteiger partial charge in [0.25, 0.3) is 0 Å². The summed E-state index contributed by atoms with van der Waals surface area (Å²) in [6.45, 7) is 3.75. The predicted molar refractivity (Wildman–Crippen MR) is 72.9 cm³/mol. The van der Waals surface area contributed by atoms with Gasteiger partial charge in [0, 0.05) is 16.2 Å². The van der Waals surface area contributed by atoms with Crippen molar-refractivity contribution in [3.8, 4) is 0 Å². The Morgan fingerprint density at radius 2 is 1.94 bits per heavy atom. The van der Waals surface area contributed by atoms with Gasteiger partial charge in [-0.1, -0.05) is 19.1 Å². The third-order valence-corrected chi connectivity index (χ3v) is 4.12. The minimum absolute atomic E-state index is 0.152. The summed E-state index contributed by atoms with van der Waals surface area (Å²) in [6.07, 6.45) is 1.25. The minimum Gasteiger partial charge on any atom is -0.294 e. The number of thiophene rings is 1. The molecular formula is C15H15FOS. The van der Waals surface area contributed by atoms with Crippen molar-refractivity contribution in [3.05, 3.63) is 57.0 Å². The van der Waals surface area contributed by atoms with E-state index in [1.54, 1.807) is 36.5 Å². The van der Waals surface area contributed by atoms with Crippen molar-refractivity contribution >= 4 is 17.1 Å². The van der Waals surface area contributed by atoms with Crippen LogP contribution in [0.15, 0.2) is 30.3 Å². The van der Waals surface area contributed by atoms with Crippen molar-refractivity contribution < 1.29 is 9.18 Å². The van der Waals surface area contributed by atoms with Crippen LogP contribution < -0.4 is 0 Å². The summed E-state index contributed by atoms with van der Waals surface area (Å²) in [6, 6.07) is 8.93. The predicted octanol–water partition coefficient (Wildman–Crippen LogP) is 4.18. The molecule has 2 rings (SSSR count). The number of hydrogen-bond acceptors (Lipinski definition) is 2. The smallest absolute Gasteiger partial charge is 0.171 e. The van der Waals surface area contributed by atoms with E-state index < -0.39 is 5.82 Å². The lowest BCUT2D eigenvalue weighted by Gasteiger charge is -2.03. The van der Waals surface area contributed by atoms with Gasteiger partial charge in [-0.2, -0.15) is 0 Å². The Morgan fingerprint density at radius 1 is 1.22 bits per heavy atom. The lowest BCUT2D eigenvalue weighted by Crippen LogP contribution is -2.06.